The van der Waals surface area contributed by atoms with Gasteiger partial charge in [0.2, 0.25) is 11.8 Å². The molecule has 0 bridgehead atoms. The van der Waals surface area contributed by atoms with E-state index >= 15 is 0 Å². The maximum Gasteiger partial charge on any atom is 0.235 e. The van der Waals surface area contributed by atoms with Crippen molar-refractivity contribution in [3.63, 3.8) is 0 Å². The van der Waals surface area contributed by atoms with Gasteiger partial charge in [0.25, 0.3) is 0 Å². The molecule has 27 heavy (non-hydrogen) atoms. The fourth-order valence-corrected chi connectivity index (χ4v) is 3.79. The molecule has 150 valence electrons. The maximum atomic E-state index is 12.5. The number of carbonyl (C=O) groups is 1. The summed E-state index contributed by atoms with van der Waals surface area (Å²) in [5.41, 5.74) is 0.936. The molecule has 2 unspecified atom stereocenters. The number of nitrogens with one attached hydrogen (secondary N) is 1. The van der Waals surface area contributed by atoms with Gasteiger partial charge in [0.05, 0.1) is 17.2 Å². The Hall–Kier alpha value is -0.920. The number of hydrogen-bond acceptors (Lipinski definition) is 5. The monoisotopic (exact) mass is 451 g/mol. The third-order valence-corrected chi connectivity index (χ3v) is 5.78. The lowest BCUT2D eigenvalue weighted by atomic mass is 10.2. The Labute approximate surface area is 181 Å². The number of oxazole rings is 1. The van der Waals surface area contributed by atoms with Gasteiger partial charge >= 0.3 is 0 Å². The van der Waals surface area contributed by atoms with Crippen LogP contribution in [0.4, 0.5) is 0 Å². The van der Waals surface area contributed by atoms with Crippen molar-refractivity contribution < 1.29 is 9.21 Å². The molecule has 1 fully saturated rings. The highest BCUT2D eigenvalue weighted by atomic mass is 35.5. The molecule has 1 N–H and O–H groups in total. The highest BCUT2D eigenvalue weighted by Gasteiger charge is 2.26. The quantitative estimate of drug-likeness (QED) is 0.709. The van der Waals surface area contributed by atoms with E-state index in [9.17, 15) is 4.79 Å². The molecule has 3 rings (SSSR count). The van der Waals surface area contributed by atoms with Crippen LogP contribution in [0.3, 0.4) is 0 Å². The van der Waals surface area contributed by atoms with Crippen molar-refractivity contribution in [2.45, 2.75) is 30.4 Å². The van der Waals surface area contributed by atoms with Crippen LogP contribution in [-0.2, 0) is 10.5 Å². The topological polar surface area (TPSA) is 58.4 Å². The van der Waals surface area contributed by atoms with Crippen molar-refractivity contribution in [3.05, 3.63) is 41.4 Å². The predicted octanol–water partition coefficient (Wildman–Crippen LogP) is 4.28. The van der Waals surface area contributed by atoms with E-state index < -0.39 is 0 Å². The normalized spacial score (nSPS) is 16.9. The van der Waals surface area contributed by atoms with Crippen LogP contribution in [-0.4, -0.2) is 47.2 Å². The Balaban J connectivity index is 0.00000182. The number of aromatic nitrogens is 1. The number of thioether (sulfide) groups is 1. The average Bonchev–Trinajstić information content (AvgIpc) is 3.31. The van der Waals surface area contributed by atoms with Crippen molar-refractivity contribution in [2.24, 2.45) is 0 Å². The molecule has 1 aromatic heterocycles. The van der Waals surface area contributed by atoms with Crippen molar-refractivity contribution >= 4 is 54.1 Å². The Morgan fingerprint density at radius 1 is 1.41 bits per heavy atom. The Bertz CT molecular complexity index is 721. The molecule has 0 aliphatic carbocycles. The number of hydrogen-bond donors (Lipinski definition) is 1. The number of halogens is 3. The molecule has 0 saturated carbocycles. The summed E-state index contributed by atoms with van der Waals surface area (Å²) in [6.07, 6.45) is 2.73. The van der Waals surface area contributed by atoms with Crippen LogP contribution in [0.1, 0.15) is 19.2 Å². The van der Waals surface area contributed by atoms with Crippen LogP contribution in [0, 0.1) is 0 Å². The zero-order valence-electron chi connectivity index (χ0n) is 15.2. The SMILES string of the molecule is CC(SCc1ncc(-c2ccc(Cl)cc2)o1)C(=O)N(C)C1CCNC1.Cl.Cl. The fraction of sp³-hybridized carbons (Fsp3) is 0.444. The molecule has 1 aromatic carbocycles. The molecule has 1 amide bonds. The standard InChI is InChI=1S/C18H22ClN3O2S.2ClH/c1-12(18(23)22(2)15-7-8-20-9-15)25-11-17-21-10-16(24-17)13-3-5-14(19)6-4-13;;/h3-6,10,12,15,20H,7-9,11H2,1-2H3;2*1H. The second kappa shape index (κ2) is 11.2. The number of carbonyl (C=O) groups excluding carboxylic acids is 1. The van der Waals surface area contributed by atoms with Gasteiger partial charge in [-0.05, 0) is 44.2 Å². The molecule has 1 aliphatic heterocycles. The highest BCUT2D eigenvalue weighted by molar-refractivity contribution is 7.99. The van der Waals surface area contributed by atoms with Crippen molar-refractivity contribution in [3.8, 4) is 11.3 Å². The lowest BCUT2D eigenvalue weighted by Gasteiger charge is -2.26. The van der Waals surface area contributed by atoms with E-state index in [1.165, 1.54) is 0 Å². The third-order valence-electron chi connectivity index (χ3n) is 4.42. The van der Waals surface area contributed by atoms with Gasteiger partial charge in [-0.3, -0.25) is 4.79 Å². The summed E-state index contributed by atoms with van der Waals surface area (Å²) >= 11 is 7.45. The van der Waals surface area contributed by atoms with Gasteiger partial charge < -0.3 is 14.6 Å². The van der Waals surface area contributed by atoms with Crippen LogP contribution < -0.4 is 5.32 Å². The van der Waals surface area contributed by atoms with Gasteiger partial charge in [0.1, 0.15) is 0 Å². The van der Waals surface area contributed by atoms with Crippen molar-refractivity contribution in [2.75, 3.05) is 20.1 Å². The van der Waals surface area contributed by atoms with Crippen LogP contribution in [0.5, 0.6) is 0 Å². The summed E-state index contributed by atoms with van der Waals surface area (Å²) in [6, 6.07) is 7.74. The molecule has 2 heterocycles. The minimum absolute atomic E-state index is 0. The first-order valence-corrected chi connectivity index (χ1v) is 9.77. The Morgan fingerprint density at radius 2 is 2.11 bits per heavy atom. The Kier molecular flexibility index (Phi) is 9.98. The molecule has 2 atom stereocenters. The summed E-state index contributed by atoms with van der Waals surface area (Å²) in [5.74, 6) is 2.06. The van der Waals surface area contributed by atoms with Crippen LogP contribution in [0.15, 0.2) is 34.9 Å². The zero-order valence-corrected chi connectivity index (χ0v) is 18.4. The molecule has 9 heteroatoms. The number of benzene rings is 1. The van der Waals surface area contributed by atoms with Gasteiger partial charge in [-0.1, -0.05) is 11.6 Å². The maximum absolute atomic E-state index is 12.5. The number of likely N-dealkylation sites (N-methyl/N-ethyl adjacent to an activating group) is 1. The molecule has 1 saturated heterocycles. The molecule has 0 spiro atoms. The van der Waals surface area contributed by atoms with E-state index in [-0.39, 0.29) is 36.0 Å². The van der Waals surface area contributed by atoms with Gasteiger partial charge in [-0.15, -0.1) is 36.6 Å². The first-order chi connectivity index (χ1) is 12.0. The first-order valence-electron chi connectivity index (χ1n) is 8.34. The number of amides is 1. The number of rotatable bonds is 6. The molecule has 2 aromatic rings. The minimum Gasteiger partial charge on any atom is -0.440 e. The van der Waals surface area contributed by atoms with Crippen LogP contribution in [0.2, 0.25) is 5.02 Å². The van der Waals surface area contributed by atoms with Crippen LogP contribution in [0.25, 0.3) is 11.3 Å². The largest absolute Gasteiger partial charge is 0.440 e. The molecule has 0 radical (unpaired) electrons. The van der Waals surface area contributed by atoms with Crippen LogP contribution >= 0.6 is 48.2 Å². The van der Waals surface area contributed by atoms with E-state index in [2.05, 4.69) is 10.3 Å². The molecule has 1 aliphatic rings. The summed E-state index contributed by atoms with van der Waals surface area (Å²) < 4.78 is 5.79. The van der Waals surface area contributed by atoms with Gasteiger partial charge in [-0.25, -0.2) is 4.98 Å². The van der Waals surface area contributed by atoms with Crippen molar-refractivity contribution in [1.82, 2.24) is 15.2 Å². The summed E-state index contributed by atoms with van der Waals surface area (Å²) in [6.45, 7) is 3.80. The van der Waals surface area contributed by atoms with E-state index in [4.69, 9.17) is 16.0 Å². The fourth-order valence-electron chi connectivity index (χ4n) is 2.83. The predicted molar refractivity (Wildman–Crippen MR) is 116 cm³/mol. The summed E-state index contributed by atoms with van der Waals surface area (Å²) in [5, 5.41) is 3.85. The second-order valence-corrected chi connectivity index (χ2v) is 7.94. The van der Waals surface area contributed by atoms with E-state index in [1.54, 1.807) is 18.0 Å². The third kappa shape index (κ3) is 6.29. The lowest BCUT2D eigenvalue weighted by Crippen LogP contribution is -2.42. The lowest BCUT2D eigenvalue weighted by molar-refractivity contribution is -0.130. The number of nitrogens with zero attached hydrogens (tertiary/aromatic N) is 2. The Morgan fingerprint density at radius 3 is 2.74 bits per heavy atom. The second-order valence-electron chi connectivity index (χ2n) is 6.17. The van der Waals surface area contributed by atoms with Gasteiger partial charge in [0, 0.05) is 30.2 Å². The zero-order chi connectivity index (χ0) is 17.8. The van der Waals surface area contributed by atoms with Gasteiger partial charge in [-0.2, -0.15) is 0 Å². The molecular formula is C18H24Cl3N3O2S. The average molecular weight is 453 g/mol. The minimum atomic E-state index is -0.128. The molecule has 5 nitrogen and oxygen atoms in total. The van der Waals surface area contributed by atoms with Crippen molar-refractivity contribution in [1.29, 1.82) is 0 Å². The first kappa shape index (κ1) is 24.1. The van der Waals surface area contributed by atoms with E-state index in [0.29, 0.717) is 28.5 Å². The highest BCUT2D eigenvalue weighted by Crippen LogP contribution is 2.25. The molecular weight excluding hydrogens is 429 g/mol. The summed E-state index contributed by atoms with van der Waals surface area (Å²) in [4.78, 5) is 18.7. The van der Waals surface area contributed by atoms with Gasteiger partial charge in [0.15, 0.2) is 5.76 Å². The van der Waals surface area contributed by atoms with E-state index in [0.717, 1.165) is 25.1 Å². The summed E-state index contributed by atoms with van der Waals surface area (Å²) in [7, 11) is 1.89. The van der Waals surface area contributed by atoms with E-state index in [1.807, 2.05) is 43.1 Å². The smallest absolute Gasteiger partial charge is 0.235 e.